The zero-order chi connectivity index (χ0) is 17.4. The maximum atomic E-state index is 13.7. The number of aryl methyl sites for hydroxylation is 1. The van der Waals surface area contributed by atoms with Crippen molar-refractivity contribution >= 4 is 23.2 Å². The third kappa shape index (κ3) is 2.98. The third-order valence-electron chi connectivity index (χ3n) is 4.61. The molecule has 24 heavy (non-hydrogen) atoms. The van der Waals surface area contributed by atoms with E-state index >= 15 is 0 Å². The summed E-state index contributed by atoms with van der Waals surface area (Å²) in [6, 6.07) is 4.80. The van der Waals surface area contributed by atoms with E-state index in [1.165, 1.54) is 6.07 Å². The van der Waals surface area contributed by atoms with Crippen molar-refractivity contribution in [2.45, 2.75) is 26.8 Å². The van der Waals surface area contributed by atoms with Gasteiger partial charge in [0, 0.05) is 42.6 Å². The van der Waals surface area contributed by atoms with Crippen molar-refractivity contribution in [1.82, 2.24) is 15.1 Å². The lowest BCUT2D eigenvalue weighted by Gasteiger charge is -2.40. The lowest BCUT2D eigenvalue weighted by molar-refractivity contribution is 0.0667. The number of halogens is 2. The lowest BCUT2D eigenvalue weighted by Crippen LogP contribution is -2.54. The number of piperazine rings is 1. The monoisotopic (exact) mass is 350 g/mol. The van der Waals surface area contributed by atoms with Crippen LogP contribution in [0.5, 0.6) is 0 Å². The molecule has 0 spiro atoms. The fraction of sp³-hybridized carbons (Fsp3) is 0.412. The number of anilines is 1. The van der Waals surface area contributed by atoms with Gasteiger partial charge in [-0.05, 0) is 39.0 Å². The normalized spacial score (nSPS) is 18.1. The van der Waals surface area contributed by atoms with Gasteiger partial charge in [-0.3, -0.25) is 9.89 Å². The van der Waals surface area contributed by atoms with Crippen LogP contribution in [-0.2, 0) is 0 Å². The van der Waals surface area contributed by atoms with Gasteiger partial charge >= 0.3 is 0 Å². The zero-order valence-electron chi connectivity index (χ0n) is 13.9. The van der Waals surface area contributed by atoms with Crippen LogP contribution in [0, 0.1) is 19.7 Å². The summed E-state index contributed by atoms with van der Waals surface area (Å²) in [5.74, 6) is -0.491. The van der Waals surface area contributed by atoms with Gasteiger partial charge in [0.05, 0.1) is 5.02 Å². The molecule has 1 N–H and O–H groups in total. The van der Waals surface area contributed by atoms with Crippen molar-refractivity contribution in [2.75, 3.05) is 24.5 Å². The Morgan fingerprint density at radius 3 is 2.71 bits per heavy atom. The molecule has 1 saturated heterocycles. The van der Waals surface area contributed by atoms with Gasteiger partial charge in [-0.1, -0.05) is 11.6 Å². The molecule has 1 fully saturated rings. The predicted molar refractivity (Wildman–Crippen MR) is 92.2 cm³/mol. The molecule has 1 aliphatic rings. The fourth-order valence-electron chi connectivity index (χ4n) is 3.00. The molecular weight excluding hydrogens is 331 g/mol. The molecule has 1 aliphatic heterocycles. The van der Waals surface area contributed by atoms with Gasteiger partial charge in [0.1, 0.15) is 5.82 Å². The molecule has 1 atom stereocenters. The molecule has 1 amide bonds. The summed E-state index contributed by atoms with van der Waals surface area (Å²) in [5.41, 5.74) is 3.05. The van der Waals surface area contributed by atoms with Crippen LogP contribution in [0.3, 0.4) is 0 Å². The van der Waals surface area contributed by atoms with Crippen LogP contribution in [0.1, 0.15) is 28.7 Å². The summed E-state index contributed by atoms with van der Waals surface area (Å²) >= 11 is 5.74. The highest BCUT2D eigenvalue weighted by Gasteiger charge is 2.30. The number of benzene rings is 1. The Morgan fingerprint density at radius 2 is 2.12 bits per heavy atom. The first-order chi connectivity index (χ1) is 11.4. The van der Waals surface area contributed by atoms with Crippen molar-refractivity contribution in [1.29, 1.82) is 0 Å². The number of nitrogens with one attached hydrogen (secondary N) is 1. The Morgan fingerprint density at radius 1 is 1.38 bits per heavy atom. The van der Waals surface area contributed by atoms with Gasteiger partial charge in [0.2, 0.25) is 0 Å². The summed E-state index contributed by atoms with van der Waals surface area (Å²) in [5, 5.41) is 7.10. The van der Waals surface area contributed by atoms with Crippen LogP contribution in [0.25, 0.3) is 0 Å². The Hall–Kier alpha value is -2.08. The maximum Gasteiger partial charge on any atom is 0.274 e. The molecule has 2 heterocycles. The van der Waals surface area contributed by atoms with Gasteiger partial charge in [0.25, 0.3) is 5.91 Å². The Labute approximate surface area is 145 Å². The van der Waals surface area contributed by atoms with E-state index in [-0.39, 0.29) is 17.0 Å². The molecule has 0 aliphatic carbocycles. The maximum absolute atomic E-state index is 13.7. The Bertz CT molecular complexity index is 776. The number of rotatable bonds is 2. The smallest absolute Gasteiger partial charge is 0.274 e. The minimum Gasteiger partial charge on any atom is -0.368 e. The number of hydrogen-bond donors (Lipinski definition) is 1. The quantitative estimate of drug-likeness (QED) is 0.905. The number of amides is 1. The van der Waals surface area contributed by atoms with E-state index in [4.69, 9.17) is 11.6 Å². The van der Waals surface area contributed by atoms with Crippen LogP contribution in [0.4, 0.5) is 10.1 Å². The van der Waals surface area contributed by atoms with Gasteiger partial charge in [-0.25, -0.2) is 4.39 Å². The first-order valence-electron chi connectivity index (χ1n) is 7.91. The van der Waals surface area contributed by atoms with Crippen molar-refractivity contribution in [2.24, 2.45) is 0 Å². The number of carbonyl (C=O) groups is 1. The largest absolute Gasteiger partial charge is 0.368 e. The third-order valence-corrected chi connectivity index (χ3v) is 4.92. The number of carbonyl (C=O) groups excluding carboxylic acids is 1. The predicted octanol–water partition coefficient (Wildman–Crippen LogP) is 3.17. The molecule has 5 nitrogen and oxygen atoms in total. The molecule has 0 radical (unpaired) electrons. The number of aromatic nitrogens is 2. The number of nitrogens with zero attached hydrogens (tertiary/aromatic N) is 3. The molecular formula is C17H20ClFN4O. The topological polar surface area (TPSA) is 52.2 Å². The second-order valence-electron chi connectivity index (χ2n) is 6.21. The molecule has 1 aromatic carbocycles. The molecule has 0 bridgehead atoms. The molecule has 1 unspecified atom stereocenters. The second-order valence-corrected chi connectivity index (χ2v) is 6.62. The first-order valence-corrected chi connectivity index (χ1v) is 8.28. The Balaban J connectivity index is 1.74. The highest BCUT2D eigenvalue weighted by atomic mass is 35.5. The second kappa shape index (κ2) is 6.43. The van der Waals surface area contributed by atoms with E-state index in [1.54, 1.807) is 12.1 Å². The Kier molecular flexibility index (Phi) is 4.49. The van der Waals surface area contributed by atoms with E-state index in [1.807, 2.05) is 25.7 Å². The summed E-state index contributed by atoms with van der Waals surface area (Å²) in [7, 11) is 0. The summed E-state index contributed by atoms with van der Waals surface area (Å²) in [4.78, 5) is 16.6. The van der Waals surface area contributed by atoms with E-state index in [0.717, 1.165) is 16.9 Å². The van der Waals surface area contributed by atoms with Crippen molar-refractivity contribution in [3.05, 3.63) is 46.0 Å². The van der Waals surface area contributed by atoms with E-state index in [9.17, 15) is 9.18 Å². The minimum atomic E-state index is -0.428. The van der Waals surface area contributed by atoms with E-state index < -0.39 is 5.82 Å². The average molecular weight is 351 g/mol. The molecule has 1 aromatic heterocycles. The highest BCUT2D eigenvalue weighted by molar-refractivity contribution is 6.30. The van der Waals surface area contributed by atoms with Gasteiger partial charge in [0.15, 0.2) is 5.69 Å². The summed E-state index contributed by atoms with van der Waals surface area (Å²) in [6.45, 7) is 7.62. The van der Waals surface area contributed by atoms with Crippen LogP contribution < -0.4 is 4.90 Å². The van der Waals surface area contributed by atoms with Crippen LogP contribution >= 0.6 is 11.6 Å². The first kappa shape index (κ1) is 16.8. The number of aromatic amines is 1. The molecule has 2 aromatic rings. The fourth-order valence-corrected chi connectivity index (χ4v) is 3.12. The summed E-state index contributed by atoms with van der Waals surface area (Å²) in [6.07, 6.45) is 0. The van der Waals surface area contributed by atoms with Crippen LogP contribution in [0.2, 0.25) is 5.02 Å². The molecule has 0 saturated carbocycles. The van der Waals surface area contributed by atoms with E-state index in [2.05, 4.69) is 15.1 Å². The minimum absolute atomic E-state index is 0.00129. The standard InChI is InChI=1S/C17H20ClFN4O/c1-10-9-22(13-4-5-14(18)15(19)8-13)6-7-23(10)17(24)16-11(2)12(3)20-21-16/h4-5,8,10H,6-7,9H2,1-3H3,(H,20,21). The van der Waals surface area contributed by atoms with Gasteiger partial charge in [-0.15, -0.1) is 0 Å². The lowest BCUT2D eigenvalue weighted by atomic mass is 10.1. The van der Waals surface area contributed by atoms with Crippen molar-refractivity contribution in [3.8, 4) is 0 Å². The number of H-pyrrole nitrogens is 1. The summed E-state index contributed by atoms with van der Waals surface area (Å²) < 4.78 is 13.7. The highest BCUT2D eigenvalue weighted by Crippen LogP contribution is 2.25. The molecule has 128 valence electrons. The van der Waals surface area contributed by atoms with Crippen LogP contribution in [0.15, 0.2) is 18.2 Å². The molecule has 7 heteroatoms. The van der Waals surface area contributed by atoms with Crippen molar-refractivity contribution in [3.63, 3.8) is 0 Å². The zero-order valence-corrected chi connectivity index (χ0v) is 14.7. The van der Waals surface area contributed by atoms with E-state index in [0.29, 0.717) is 25.3 Å². The number of hydrogen-bond acceptors (Lipinski definition) is 3. The van der Waals surface area contributed by atoms with Gasteiger partial charge in [-0.2, -0.15) is 5.10 Å². The molecule has 3 rings (SSSR count). The van der Waals surface area contributed by atoms with Gasteiger partial charge < -0.3 is 9.80 Å². The SMILES string of the molecule is Cc1[nH]nc(C(=O)N2CCN(c3ccc(Cl)c(F)c3)CC2C)c1C. The van der Waals surface area contributed by atoms with Crippen molar-refractivity contribution < 1.29 is 9.18 Å². The average Bonchev–Trinajstić information content (AvgIpc) is 2.89. The van der Waals surface area contributed by atoms with Crippen LogP contribution in [-0.4, -0.2) is 46.7 Å².